The summed E-state index contributed by atoms with van der Waals surface area (Å²) in [4.78, 5) is 25.7. The first-order valence-corrected chi connectivity index (χ1v) is 10.3. The molecule has 3 aromatic rings. The van der Waals surface area contributed by atoms with Crippen LogP contribution in [0.25, 0.3) is 5.69 Å². The molecule has 1 N–H and O–H groups in total. The molecule has 1 aliphatic heterocycles. The molecule has 0 aliphatic carbocycles. The first-order chi connectivity index (χ1) is 15.4. The van der Waals surface area contributed by atoms with E-state index in [1.807, 2.05) is 19.1 Å². The van der Waals surface area contributed by atoms with Gasteiger partial charge >= 0.3 is 0 Å². The Balaban J connectivity index is 1.51. The predicted octanol–water partition coefficient (Wildman–Crippen LogP) is 2.19. The maximum absolute atomic E-state index is 12.9. The molecule has 1 unspecified atom stereocenters. The van der Waals surface area contributed by atoms with Crippen LogP contribution < -0.4 is 5.32 Å². The zero-order chi connectivity index (χ0) is 22.7. The minimum absolute atomic E-state index is 0.0644. The predicted molar refractivity (Wildman–Crippen MR) is 114 cm³/mol. The molecule has 0 radical (unpaired) electrons. The maximum atomic E-state index is 12.9. The van der Waals surface area contributed by atoms with Gasteiger partial charge in [-0.1, -0.05) is 11.3 Å². The van der Waals surface area contributed by atoms with Gasteiger partial charge in [0.2, 0.25) is 0 Å². The largest absolute Gasteiger partial charge is 0.465 e. The fourth-order valence-corrected chi connectivity index (χ4v) is 3.73. The van der Waals surface area contributed by atoms with E-state index in [2.05, 4.69) is 20.5 Å². The van der Waals surface area contributed by atoms with E-state index in [4.69, 9.17) is 9.15 Å². The molecule has 0 saturated carbocycles. The number of rotatable bonds is 7. The second-order valence-electron chi connectivity index (χ2n) is 7.53. The Kier molecular flexibility index (Phi) is 6.28. The Bertz CT molecular complexity index is 1120. The van der Waals surface area contributed by atoms with Gasteiger partial charge in [0.25, 0.3) is 11.6 Å². The molecule has 1 amide bonds. The molecule has 0 spiro atoms. The van der Waals surface area contributed by atoms with Crippen LogP contribution >= 0.6 is 0 Å². The number of non-ortho nitro benzene ring substituents is 1. The number of hydrogen-bond acceptors (Lipinski definition) is 8. The number of ether oxygens (including phenoxy) is 1. The second kappa shape index (κ2) is 9.28. The van der Waals surface area contributed by atoms with Crippen molar-refractivity contribution in [2.24, 2.45) is 0 Å². The van der Waals surface area contributed by atoms with Crippen molar-refractivity contribution in [2.45, 2.75) is 19.9 Å². The van der Waals surface area contributed by atoms with Gasteiger partial charge < -0.3 is 14.5 Å². The lowest BCUT2D eigenvalue weighted by molar-refractivity contribution is -0.384. The number of aromatic nitrogens is 3. The van der Waals surface area contributed by atoms with Crippen molar-refractivity contribution >= 4 is 11.6 Å². The average Bonchev–Trinajstić information content (AvgIpc) is 3.40. The summed E-state index contributed by atoms with van der Waals surface area (Å²) in [5.74, 6) is 1.21. The molecular formula is C21H24N6O5. The van der Waals surface area contributed by atoms with E-state index < -0.39 is 4.92 Å². The zero-order valence-electron chi connectivity index (χ0n) is 17.9. The van der Waals surface area contributed by atoms with Gasteiger partial charge in [-0.2, -0.15) is 0 Å². The van der Waals surface area contributed by atoms with E-state index in [-0.39, 0.29) is 23.3 Å². The van der Waals surface area contributed by atoms with Gasteiger partial charge in [-0.25, -0.2) is 4.68 Å². The normalized spacial score (nSPS) is 15.4. The molecule has 1 aromatic carbocycles. The quantitative estimate of drug-likeness (QED) is 0.437. The Labute approximate surface area is 184 Å². The number of carbonyl (C=O) groups excluding carboxylic acids is 1. The van der Waals surface area contributed by atoms with E-state index in [0.29, 0.717) is 31.1 Å². The van der Waals surface area contributed by atoms with Crippen LogP contribution in [0.15, 0.2) is 40.8 Å². The van der Waals surface area contributed by atoms with Crippen LogP contribution in [-0.2, 0) is 4.74 Å². The second-order valence-corrected chi connectivity index (χ2v) is 7.53. The minimum atomic E-state index is -0.481. The molecule has 0 bridgehead atoms. The highest BCUT2D eigenvalue weighted by molar-refractivity contribution is 5.93. The Morgan fingerprint density at radius 2 is 2.03 bits per heavy atom. The van der Waals surface area contributed by atoms with Crippen molar-refractivity contribution in [1.29, 1.82) is 0 Å². The molecular weight excluding hydrogens is 416 g/mol. The summed E-state index contributed by atoms with van der Waals surface area (Å²) in [6.07, 6.45) is 0. The highest BCUT2D eigenvalue weighted by Gasteiger charge is 2.27. The van der Waals surface area contributed by atoms with Crippen LogP contribution in [0.5, 0.6) is 0 Å². The molecule has 4 rings (SSSR count). The Hall–Kier alpha value is -3.57. The standard InChI is InChI=1S/C21H24N6O5/c1-14-6-7-19(32-14)18(25-8-10-31-11-9-25)13-22-21(28)20-15(2)26(24-23-20)16-4-3-5-17(12-16)27(29)30/h3-7,12,18H,8-11,13H2,1-2H3,(H,22,28). The van der Waals surface area contributed by atoms with Gasteiger partial charge in [-0.3, -0.25) is 19.8 Å². The summed E-state index contributed by atoms with van der Waals surface area (Å²) in [7, 11) is 0. The van der Waals surface area contributed by atoms with Crippen molar-refractivity contribution in [1.82, 2.24) is 25.2 Å². The van der Waals surface area contributed by atoms with Gasteiger partial charge in [-0.05, 0) is 32.0 Å². The van der Waals surface area contributed by atoms with Gasteiger partial charge in [0, 0.05) is 31.8 Å². The number of hydrogen-bond donors (Lipinski definition) is 1. The number of benzene rings is 1. The average molecular weight is 440 g/mol. The number of nitrogens with zero attached hydrogens (tertiary/aromatic N) is 5. The van der Waals surface area contributed by atoms with Gasteiger partial charge in [-0.15, -0.1) is 5.10 Å². The molecule has 2 aromatic heterocycles. The smallest absolute Gasteiger partial charge is 0.273 e. The van der Waals surface area contributed by atoms with Crippen LogP contribution in [0.1, 0.15) is 33.7 Å². The van der Waals surface area contributed by atoms with E-state index in [1.165, 1.54) is 16.8 Å². The first kappa shape index (κ1) is 21.7. The third-order valence-corrected chi connectivity index (χ3v) is 5.43. The van der Waals surface area contributed by atoms with Gasteiger partial charge in [0.05, 0.1) is 35.6 Å². The number of carbonyl (C=O) groups is 1. The highest BCUT2D eigenvalue weighted by atomic mass is 16.6. The summed E-state index contributed by atoms with van der Waals surface area (Å²) in [6.45, 7) is 6.64. The van der Waals surface area contributed by atoms with Gasteiger partial charge in [0.15, 0.2) is 5.69 Å². The van der Waals surface area contributed by atoms with Crippen LogP contribution in [0.4, 0.5) is 5.69 Å². The van der Waals surface area contributed by atoms with Crippen LogP contribution in [-0.4, -0.2) is 63.6 Å². The molecule has 11 nitrogen and oxygen atoms in total. The van der Waals surface area contributed by atoms with Crippen LogP contribution in [0, 0.1) is 24.0 Å². The number of amides is 1. The molecule has 32 heavy (non-hydrogen) atoms. The lowest BCUT2D eigenvalue weighted by atomic mass is 10.1. The Morgan fingerprint density at radius 3 is 2.72 bits per heavy atom. The number of nitro groups is 1. The van der Waals surface area contributed by atoms with E-state index in [1.54, 1.807) is 19.1 Å². The van der Waals surface area contributed by atoms with Crippen molar-refractivity contribution in [3.05, 3.63) is 69.4 Å². The molecule has 1 fully saturated rings. The zero-order valence-corrected chi connectivity index (χ0v) is 17.9. The van der Waals surface area contributed by atoms with Crippen molar-refractivity contribution in [2.75, 3.05) is 32.8 Å². The highest BCUT2D eigenvalue weighted by Crippen LogP contribution is 2.24. The fraction of sp³-hybridized carbons (Fsp3) is 0.381. The summed E-state index contributed by atoms with van der Waals surface area (Å²) in [6, 6.07) is 9.70. The summed E-state index contributed by atoms with van der Waals surface area (Å²) in [5.41, 5.74) is 1.04. The van der Waals surface area contributed by atoms with E-state index in [9.17, 15) is 14.9 Å². The third-order valence-electron chi connectivity index (χ3n) is 5.43. The number of aryl methyl sites for hydroxylation is 1. The van der Waals surface area contributed by atoms with Gasteiger partial charge in [0.1, 0.15) is 11.5 Å². The fourth-order valence-electron chi connectivity index (χ4n) is 3.73. The third kappa shape index (κ3) is 4.53. The summed E-state index contributed by atoms with van der Waals surface area (Å²) in [5, 5.41) is 22.0. The van der Waals surface area contributed by atoms with E-state index in [0.717, 1.165) is 24.6 Å². The molecule has 3 heterocycles. The molecule has 11 heteroatoms. The first-order valence-electron chi connectivity index (χ1n) is 10.3. The monoisotopic (exact) mass is 440 g/mol. The van der Waals surface area contributed by atoms with Crippen molar-refractivity contribution in [3.8, 4) is 5.69 Å². The van der Waals surface area contributed by atoms with Crippen LogP contribution in [0.3, 0.4) is 0 Å². The summed E-state index contributed by atoms with van der Waals surface area (Å²) < 4.78 is 12.7. The van der Waals surface area contributed by atoms with E-state index >= 15 is 0 Å². The maximum Gasteiger partial charge on any atom is 0.273 e. The lowest BCUT2D eigenvalue weighted by Crippen LogP contribution is -2.43. The number of furan rings is 1. The van der Waals surface area contributed by atoms with Crippen molar-refractivity contribution in [3.63, 3.8) is 0 Å². The Morgan fingerprint density at radius 1 is 1.25 bits per heavy atom. The number of morpholine rings is 1. The SMILES string of the molecule is Cc1ccc(C(CNC(=O)c2nnn(-c3cccc([N+](=O)[O-])c3)c2C)N2CCOCC2)o1. The molecule has 1 saturated heterocycles. The lowest BCUT2D eigenvalue weighted by Gasteiger charge is -2.33. The topological polar surface area (TPSA) is 129 Å². The van der Waals surface area contributed by atoms with Crippen molar-refractivity contribution < 1.29 is 18.9 Å². The number of nitrogens with one attached hydrogen (secondary N) is 1. The number of nitro benzene ring substituents is 1. The molecule has 168 valence electrons. The summed E-state index contributed by atoms with van der Waals surface area (Å²) >= 11 is 0. The van der Waals surface area contributed by atoms with Crippen LogP contribution in [0.2, 0.25) is 0 Å². The minimum Gasteiger partial charge on any atom is -0.465 e. The molecule has 1 aliphatic rings. The molecule has 1 atom stereocenters.